The highest BCUT2D eigenvalue weighted by atomic mass is 32.2. The van der Waals surface area contributed by atoms with Crippen LogP contribution in [0, 0.1) is 0 Å². The van der Waals surface area contributed by atoms with Crippen LogP contribution >= 0.6 is 0 Å². The third kappa shape index (κ3) is 23.2. The Morgan fingerprint density at radius 1 is 0.357 bits per heavy atom. The van der Waals surface area contributed by atoms with Gasteiger partial charge in [-0.25, -0.2) is 54.2 Å². The van der Waals surface area contributed by atoms with Crippen molar-refractivity contribution in [1.29, 1.82) is 0 Å². The van der Waals surface area contributed by atoms with E-state index in [-0.39, 0.29) is 48.8 Å². The van der Waals surface area contributed by atoms with Gasteiger partial charge in [-0.3, -0.25) is 0 Å². The molecule has 0 aromatic rings. The Hall–Kier alpha value is -0.680. The van der Waals surface area contributed by atoms with E-state index in [4.69, 9.17) is 39.5 Å². The predicted molar refractivity (Wildman–Crippen MR) is 218 cm³/mol. The molecule has 12 N–H and O–H groups in total. The van der Waals surface area contributed by atoms with Crippen LogP contribution in [0.1, 0.15) is 81.1 Å². The molecule has 1 unspecified atom stereocenters. The maximum Gasteiger partial charge on any atom is 0.213 e. The SMILES string of the molecule is CC(C)O[C@@H]1CNCC(S(N)(=O)=O)C1.CC(C)O[C@@H]1CNC[C@@H](S(N)(=O)=O)C1.CC(C)O[C@H]1CNC[C@@H](S(N)(=O)=O)C1.CC(C)O[C@H]1CNC[C@H](S(N)(=O)=O)C1. The summed E-state index contributed by atoms with van der Waals surface area (Å²) >= 11 is 0. The third-order valence-corrected chi connectivity index (χ3v) is 13.9. The predicted octanol–water partition coefficient (Wildman–Crippen LogP) is -2.28. The van der Waals surface area contributed by atoms with Crippen LogP contribution in [0.4, 0.5) is 0 Å². The highest BCUT2D eigenvalue weighted by molar-refractivity contribution is 7.90. The topological polar surface area (TPSA) is 326 Å². The van der Waals surface area contributed by atoms with Gasteiger partial charge in [0.1, 0.15) is 0 Å². The molecule has 0 amide bonds. The quantitative estimate of drug-likeness (QED) is 0.102. The number of sulfonamides is 4. The molecule has 0 spiro atoms. The highest BCUT2D eigenvalue weighted by Gasteiger charge is 2.33. The summed E-state index contributed by atoms with van der Waals surface area (Å²) in [6.45, 7) is 20.0. The summed E-state index contributed by atoms with van der Waals surface area (Å²) in [5.74, 6) is 0. The standard InChI is InChI=1S/4C8H18N2O3S/c4*1-6(2)13-7-3-8(5-10-4-7)14(9,11)12/h4*6-8,10H,3-5H2,1-2H3,(H2,9,11,12)/t7-,8?;7-,8+;2*7-,8-/m0110/s1. The monoisotopic (exact) mass is 888 g/mol. The summed E-state index contributed by atoms with van der Waals surface area (Å²) in [7, 11) is -13.7. The van der Waals surface area contributed by atoms with Gasteiger partial charge in [-0.2, -0.15) is 0 Å². The van der Waals surface area contributed by atoms with E-state index in [2.05, 4.69) is 21.3 Å². The smallest absolute Gasteiger partial charge is 0.213 e. The molecule has 4 saturated heterocycles. The second-order valence-electron chi connectivity index (χ2n) is 15.6. The molecule has 0 aromatic carbocycles. The van der Waals surface area contributed by atoms with E-state index in [9.17, 15) is 33.7 Å². The normalized spacial score (nSPS) is 29.4. The Bertz CT molecular complexity index is 1340. The molecule has 20 nitrogen and oxygen atoms in total. The molecule has 4 rings (SSSR count). The van der Waals surface area contributed by atoms with Gasteiger partial charge in [-0.05, 0) is 81.1 Å². The summed E-state index contributed by atoms with van der Waals surface area (Å²) in [6, 6.07) is 0. The molecule has 24 heteroatoms. The largest absolute Gasteiger partial charge is 0.374 e. The van der Waals surface area contributed by atoms with Gasteiger partial charge in [-0.1, -0.05) is 0 Å². The molecule has 0 bridgehead atoms. The number of hydrogen-bond donors (Lipinski definition) is 8. The van der Waals surface area contributed by atoms with Crippen LogP contribution in [-0.4, -0.2) is 156 Å². The number of nitrogens with one attached hydrogen (secondary N) is 4. The van der Waals surface area contributed by atoms with E-state index in [1.165, 1.54) is 0 Å². The number of hydrogen-bond acceptors (Lipinski definition) is 16. The lowest BCUT2D eigenvalue weighted by molar-refractivity contribution is -0.00375. The average molecular weight is 889 g/mol. The molecule has 4 heterocycles. The first-order valence-corrected chi connectivity index (χ1v) is 25.5. The summed E-state index contributed by atoms with van der Waals surface area (Å²) in [5, 5.41) is 30.3. The van der Waals surface area contributed by atoms with Crippen molar-refractivity contribution in [2.45, 2.75) is 151 Å². The van der Waals surface area contributed by atoms with Crippen LogP contribution in [0.5, 0.6) is 0 Å². The van der Waals surface area contributed by atoms with Crippen LogP contribution in [0.15, 0.2) is 0 Å². The molecule has 0 aromatic heterocycles. The van der Waals surface area contributed by atoms with Gasteiger partial charge in [0, 0.05) is 52.4 Å². The van der Waals surface area contributed by atoms with E-state index in [0.29, 0.717) is 78.0 Å². The van der Waals surface area contributed by atoms with E-state index >= 15 is 0 Å². The molecule has 4 aliphatic heterocycles. The number of nitrogens with two attached hydrogens (primary N) is 4. The Morgan fingerprint density at radius 2 is 0.518 bits per heavy atom. The zero-order valence-corrected chi connectivity index (χ0v) is 37.5. The van der Waals surface area contributed by atoms with Crippen molar-refractivity contribution >= 4 is 40.1 Å². The minimum atomic E-state index is -3.44. The van der Waals surface area contributed by atoms with E-state index in [1.54, 1.807) is 0 Å². The number of piperidine rings is 4. The Morgan fingerprint density at radius 3 is 0.643 bits per heavy atom. The zero-order valence-electron chi connectivity index (χ0n) is 34.3. The first kappa shape index (κ1) is 53.3. The number of rotatable bonds is 12. The Kier molecular flexibility index (Phi) is 23.4. The van der Waals surface area contributed by atoms with Crippen LogP contribution < -0.4 is 41.8 Å². The third-order valence-electron chi connectivity index (χ3n) is 8.80. The zero-order chi connectivity index (χ0) is 43.1. The molecule has 4 aliphatic rings. The maximum absolute atomic E-state index is 11.1. The molecule has 56 heavy (non-hydrogen) atoms. The van der Waals surface area contributed by atoms with Gasteiger partial charge in [0.2, 0.25) is 40.1 Å². The van der Waals surface area contributed by atoms with Crippen molar-refractivity contribution in [3.05, 3.63) is 0 Å². The molecular weight excluding hydrogens is 817 g/mol. The van der Waals surface area contributed by atoms with Gasteiger partial charge in [0.25, 0.3) is 0 Å². The fourth-order valence-corrected chi connectivity index (χ4v) is 9.75. The van der Waals surface area contributed by atoms with Gasteiger partial charge in [0.15, 0.2) is 0 Å². The summed E-state index contributed by atoms with van der Waals surface area (Å²) in [4.78, 5) is 0. The first-order valence-electron chi connectivity index (χ1n) is 19.1. The van der Waals surface area contributed by atoms with Crippen molar-refractivity contribution < 1.29 is 52.6 Å². The average Bonchev–Trinajstić information content (AvgIpc) is 3.03. The van der Waals surface area contributed by atoms with Gasteiger partial charge < -0.3 is 40.2 Å². The van der Waals surface area contributed by atoms with Crippen molar-refractivity contribution in [2.75, 3.05) is 52.4 Å². The van der Waals surface area contributed by atoms with E-state index < -0.39 is 61.1 Å². The lowest BCUT2D eigenvalue weighted by Crippen LogP contribution is -2.49. The number of primary sulfonamides is 4. The number of ether oxygens (including phenoxy) is 4. The summed E-state index contributed by atoms with van der Waals surface area (Å²) in [5.41, 5.74) is 0. The maximum atomic E-state index is 11.1. The second-order valence-corrected chi connectivity index (χ2v) is 23.0. The van der Waals surface area contributed by atoms with Crippen molar-refractivity contribution in [2.24, 2.45) is 20.6 Å². The molecule has 0 radical (unpaired) electrons. The lowest BCUT2D eigenvalue weighted by Gasteiger charge is -2.29. The fourth-order valence-electron chi connectivity index (χ4n) is 6.42. The fraction of sp³-hybridized carbons (Fsp3) is 1.00. The molecule has 336 valence electrons. The lowest BCUT2D eigenvalue weighted by atomic mass is 10.1. The minimum Gasteiger partial charge on any atom is -0.374 e. The van der Waals surface area contributed by atoms with E-state index in [0.717, 1.165) is 0 Å². The second kappa shape index (κ2) is 24.5. The summed E-state index contributed by atoms with van der Waals surface area (Å²) < 4.78 is 111. The van der Waals surface area contributed by atoms with Gasteiger partial charge in [-0.15, -0.1) is 0 Å². The highest BCUT2D eigenvalue weighted by Crippen LogP contribution is 2.17. The molecule has 8 atom stereocenters. The summed E-state index contributed by atoms with van der Waals surface area (Å²) in [6.07, 6.45) is 2.21. The first-order chi connectivity index (χ1) is 25.6. The molecule has 0 aliphatic carbocycles. The molecule has 0 saturated carbocycles. The Labute approximate surface area is 336 Å². The van der Waals surface area contributed by atoms with Crippen LogP contribution in [-0.2, 0) is 59.0 Å². The molecule has 4 fully saturated rings. The van der Waals surface area contributed by atoms with Crippen molar-refractivity contribution in [3.8, 4) is 0 Å². The van der Waals surface area contributed by atoms with Crippen molar-refractivity contribution in [3.63, 3.8) is 0 Å². The van der Waals surface area contributed by atoms with Gasteiger partial charge in [0.05, 0.1) is 69.8 Å². The van der Waals surface area contributed by atoms with Gasteiger partial charge >= 0.3 is 0 Å². The van der Waals surface area contributed by atoms with Crippen LogP contribution in [0.2, 0.25) is 0 Å². The molecular formula is C32H72N8O12S4. The van der Waals surface area contributed by atoms with Crippen LogP contribution in [0.25, 0.3) is 0 Å². The van der Waals surface area contributed by atoms with E-state index in [1.807, 2.05) is 55.4 Å². The van der Waals surface area contributed by atoms with Crippen molar-refractivity contribution in [1.82, 2.24) is 21.3 Å². The minimum absolute atomic E-state index is 0.0490. The Balaban J connectivity index is 0.000000373. The van der Waals surface area contributed by atoms with Crippen LogP contribution in [0.3, 0.4) is 0 Å².